The number of carbonyl (C=O) groups excluding carboxylic acids is 1. The van der Waals surface area contributed by atoms with Gasteiger partial charge in [-0.3, -0.25) is 4.79 Å². The van der Waals surface area contributed by atoms with E-state index in [0.717, 1.165) is 29.9 Å². The molecule has 1 aliphatic carbocycles. The predicted molar refractivity (Wildman–Crippen MR) is 79.8 cm³/mol. The fraction of sp³-hybridized carbons (Fsp3) is 0.412. The van der Waals surface area contributed by atoms with Crippen LogP contribution in [0.1, 0.15) is 35.4 Å². The van der Waals surface area contributed by atoms with E-state index in [-0.39, 0.29) is 11.3 Å². The maximum atomic E-state index is 12.8. The number of likely N-dealkylation sites (N-methyl/N-ethyl adjacent to an activating group) is 1. The molecule has 110 valence electrons. The lowest BCUT2D eigenvalue weighted by molar-refractivity contribution is -0.133. The van der Waals surface area contributed by atoms with Gasteiger partial charge in [0.2, 0.25) is 5.91 Å². The average molecular weight is 284 g/mol. The van der Waals surface area contributed by atoms with Gasteiger partial charge < -0.3 is 9.42 Å². The number of amides is 1. The van der Waals surface area contributed by atoms with Crippen molar-refractivity contribution in [2.75, 3.05) is 7.05 Å². The summed E-state index contributed by atoms with van der Waals surface area (Å²) in [6.07, 6.45) is 1.86. The van der Waals surface area contributed by atoms with Crippen LogP contribution in [0, 0.1) is 13.8 Å². The van der Waals surface area contributed by atoms with Crippen molar-refractivity contribution in [3.8, 4) is 0 Å². The zero-order valence-electron chi connectivity index (χ0n) is 12.7. The first-order valence-corrected chi connectivity index (χ1v) is 7.26. The Morgan fingerprint density at radius 3 is 2.67 bits per heavy atom. The summed E-state index contributed by atoms with van der Waals surface area (Å²) in [7, 11) is 1.84. The number of benzene rings is 1. The highest BCUT2D eigenvalue weighted by Crippen LogP contribution is 2.49. The molecule has 2 aromatic rings. The lowest BCUT2D eigenvalue weighted by Gasteiger charge is -2.23. The van der Waals surface area contributed by atoms with Gasteiger partial charge in [0.05, 0.1) is 12.0 Å². The van der Waals surface area contributed by atoms with Gasteiger partial charge in [-0.15, -0.1) is 0 Å². The Kier molecular flexibility index (Phi) is 3.32. The van der Waals surface area contributed by atoms with Crippen LogP contribution < -0.4 is 0 Å². The molecule has 0 saturated heterocycles. The van der Waals surface area contributed by atoms with Crippen molar-refractivity contribution in [1.29, 1.82) is 0 Å². The van der Waals surface area contributed by atoms with Gasteiger partial charge in [0.15, 0.2) is 0 Å². The van der Waals surface area contributed by atoms with Crippen LogP contribution in [-0.2, 0) is 16.8 Å². The number of nitrogens with zero attached hydrogens (tertiary/aromatic N) is 2. The minimum Gasteiger partial charge on any atom is -0.361 e. The van der Waals surface area contributed by atoms with Crippen LogP contribution >= 0.6 is 0 Å². The van der Waals surface area contributed by atoms with E-state index in [4.69, 9.17) is 4.52 Å². The van der Waals surface area contributed by atoms with Crippen molar-refractivity contribution in [2.24, 2.45) is 0 Å². The van der Waals surface area contributed by atoms with Crippen LogP contribution in [0.4, 0.5) is 0 Å². The minimum absolute atomic E-state index is 0.175. The molecule has 3 rings (SSSR count). The third-order valence-electron chi connectivity index (χ3n) is 4.15. The van der Waals surface area contributed by atoms with E-state index in [0.29, 0.717) is 6.54 Å². The fourth-order valence-corrected chi connectivity index (χ4v) is 2.87. The number of aromatic nitrogens is 1. The van der Waals surface area contributed by atoms with E-state index in [1.807, 2.05) is 26.1 Å². The second-order valence-electron chi connectivity index (χ2n) is 6.04. The molecule has 0 bridgehead atoms. The Labute approximate surface area is 124 Å². The molecule has 4 heteroatoms. The SMILES string of the molecule is Cc1cccc(C2(C(=O)N(C)Cc3cc(C)on3)CC2)c1. The molecule has 0 radical (unpaired) electrons. The molecule has 0 N–H and O–H groups in total. The van der Waals surface area contributed by atoms with Gasteiger partial charge in [0, 0.05) is 13.1 Å². The van der Waals surface area contributed by atoms with Crippen molar-refractivity contribution in [1.82, 2.24) is 10.1 Å². The molecule has 0 spiro atoms. The van der Waals surface area contributed by atoms with Gasteiger partial charge in [-0.25, -0.2) is 0 Å². The first-order valence-electron chi connectivity index (χ1n) is 7.26. The van der Waals surface area contributed by atoms with Crippen LogP contribution in [0.5, 0.6) is 0 Å². The number of carbonyl (C=O) groups is 1. The van der Waals surface area contributed by atoms with Gasteiger partial charge in [0.25, 0.3) is 0 Å². The normalized spacial score (nSPS) is 15.8. The molecule has 1 fully saturated rings. The molecule has 4 nitrogen and oxygen atoms in total. The zero-order chi connectivity index (χ0) is 15.0. The van der Waals surface area contributed by atoms with Crippen molar-refractivity contribution >= 4 is 5.91 Å². The van der Waals surface area contributed by atoms with E-state index in [2.05, 4.69) is 30.3 Å². The third kappa shape index (κ3) is 2.58. The lowest BCUT2D eigenvalue weighted by Crippen LogP contribution is -2.36. The van der Waals surface area contributed by atoms with Gasteiger partial charge in [-0.2, -0.15) is 0 Å². The standard InChI is InChI=1S/C17H20N2O2/c1-12-5-4-6-14(9-12)17(7-8-17)16(20)19(3)11-15-10-13(2)21-18-15/h4-6,9-10H,7-8,11H2,1-3H3. The summed E-state index contributed by atoms with van der Waals surface area (Å²) in [6, 6.07) is 10.1. The Hall–Kier alpha value is -2.10. The molecule has 1 aliphatic rings. The predicted octanol–water partition coefficient (Wildman–Crippen LogP) is 2.98. The minimum atomic E-state index is -0.320. The third-order valence-corrected chi connectivity index (χ3v) is 4.15. The summed E-state index contributed by atoms with van der Waals surface area (Å²) >= 11 is 0. The van der Waals surface area contributed by atoms with Crippen LogP contribution in [0.3, 0.4) is 0 Å². The Balaban J connectivity index is 1.78. The van der Waals surface area contributed by atoms with E-state index in [1.54, 1.807) is 4.90 Å². The first-order chi connectivity index (χ1) is 10.0. The van der Waals surface area contributed by atoms with E-state index in [9.17, 15) is 4.79 Å². The lowest BCUT2D eigenvalue weighted by atomic mass is 9.93. The van der Waals surface area contributed by atoms with E-state index < -0.39 is 0 Å². The van der Waals surface area contributed by atoms with E-state index >= 15 is 0 Å². The second kappa shape index (κ2) is 5.02. The Morgan fingerprint density at radius 2 is 2.10 bits per heavy atom. The van der Waals surface area contributed by atoms with Gasteiger partial charge in [-0.1, -0.05) is 35.0 Å². The number of rotatable bonds is 4. The number of hydrogen-bond acceptors (Lipinski definition) is 3. The van der Waals surface area contributed by atoms with Crippen molar-refractivity contribution in [3.05, 3.63) is 52.9 Å². The Morgan fingerprint density at radius 1 is 1.33 bits per heavy atom. The van der Waals surface area contributed by atoms with Gasteiger partial charge >= 0.3 is 0 Å². The maximum Gasteiger partial charge on any atom is 0.233 e. The molecule has 0 aliphatic heterocycles. The van der Waals surface area contributed by atoms with Crippen molar-refractivity contribution in [2.45, 2.75) is 38.6 Å². The summed E-state index contributed by atoms with van der Waals surface area (Å²) in [5.74, 6) is 0.944. The monoisotopic (exact) mass is 284 g/mol. The largest absolute Gasteiger partial charge is 0.361 e. The summed E-state index contributed by atoms with van der Waals surface area (Å²) in [5.41, 5.74) is 2.81. The van der Waals surface area contributed by atoms with E-state index in [1.165, 1.54) is 5.56 Å². The molecular formula is C17H20N2O2. The van der Waals surface area contributed by atoms with Crippen LogP contribution in [-0.4, -0.2) is 23.0 Å². The summed E-state index contributed by atoms with van der Waals surface area (Å²) in [4.78, 5) is 14.6. The van der Waals surface area contributed by atoms with Gasteiger partial charge in [0.1, 0.15) is 11.5 Å². The summed E-state index contributed by atoms with van der Waals surface area (Å²) in [5, 5.41) is 3.96. The smallest absolute Gasteiger partial charge is 0.233 e. The molecule has 0 unspecified atom stereocenters. The highest BCUT2D eigenvalue weighted by molar-refractivity contribution is 5.91. The Bertz CT molecular complexity index is 671. The maximum absolute atomic E-state index is 12.8. The zero-order valence-corrected chi connectivity index (χ0v) is 12.7. The van der Waals surface area contributed by atoms with Crippen LogP contribution in [0.25, 0.3) is 0 Å². The van der Waals surface area contributed by atoms with Gasteiger partial charge in [-0.05, 0) is 32.3 Å². The first kappa shape index (κ1) is 13.9. The van der Waals surface area contributed by atoms with Crippen molar-refractivity contribution in [3.63, 3.8) is 0 Å². The van der Waals surface area contributed by atoms with Crippen LogP contribution in [0.2, 0.25) is 0 Å². The quantitative estimate of drug-likeness (QED) is 0.867. The molecule has 1 saturated carbocycles. The number of hydrogen-bond donors (Lipinski definition) is 0. The summed E-state index contributed by atoms with van der Waals surface area (Å²) < 4.78 is 5.06. The average Bonchev–Trinajstić information content (AvgIpc) is 3.17. The molecule has 1 amide bonds. The molecule has 1 heterocycles. The highest BCUT2D eigenvalue weighted by atomic mass is 16.5. The topological polar surface area (TPSA) is 46.3 Å². The number of aryl methyl sites for hydroxylation is 2. The summed E-state index contributed by atoms with van der Waals surface area (Å²) in [6.45, 7) is 4.41. The molecule has 0 atom stereocenters. The molecular weight excluding hydrogens is 264 g/mol. The molecule has 1 aromatic heterocycles. The second-order valence-corrected chi connectivity index (χ2v) is 6.04. The van der Waals surface area contributed by atoms with Crippen LogP contribution in [0.15, 0.2) is 34.9 Å². The fourth-order valence-electron chi connectivity index (χ4n) is 2.87. The molecule has 21 heavy (non-hydrogen) atoms. The highest BCUT2D eigenvalue weighted by Gasteiger charge is 2.52. The van der Waals surface area contributed by atoms with Crippen molar-refractivity contribution < 1.29 is 9.32 Å². The molecule has 1 aromatic carbocycles.